The van der Waals surface area contributed by atoms with Crippen molar-refractivity contribution in [3.63, 3.8) is 0 Å². The number of hydrogen-bond donors (Lipinski definition) is 1. The van der Waals surface area contributed by atoms with Gasteiger partial charge in [0.2, 0.25) is 0 Å². The van der Waals surface area contributed by atoms with Crippen molar-refractivity contribution in [1.29, 1.82) is 0 Å². The molecule has 1 spiro atoms. The number of benzene rings is 2. The van der Waals surface area contributed by atoms with Crippen molar-refractivity contribution in [3.8, 4) is 11.5 Å². The van der Waals surface area contributed by atoms with Crippen molar-refractivity contribution < 1.29 is 25.2 Å². The monoisotopic (exact) mass is 415 g/mol. The Morgan fingerprint density at radius 2 is 2.00 bits per heavy atom. The topological polar surface area (TPSA) is 59.0 Å². The fraction of sp³-hybridized carbons (Fsp3) is 0.458. The molecule has 162 valence electrons. The van der Waals surface area contributed by atoms with E-state index in [1.165, 1.54) is 12.1 Å². The van der Waals surface area contributed by atoms with Crippen LogP contribution in [0.2, 0.25) is 0 Å². The van der Waals surface area contributed by atoms with Crippen LogP contribution >= 0.6 is 0 Å². The minimum atomic E-state index is -0.761. The molecule has 2 aromatic carbocycles. The number of piperidine rings is 1. The smallest absolute Gasteiger partial charge is 0.253 e. The Kier molecular flexibility index (Phi) is 5.45. The Labute approximate surface area is 177 Å². The van der Waals surface area contributed by atoms with Gasteiger partial charge in [-0.25, -0.2) is 4.39 Å². The molecule has 0 radical (unpaired) electrons. The van der Waals surface area contributed by atoms with E-state index in [4.69, 9.17) is 9.47 Å². The minimum absolute atomic E-state index is 0. The lowest BCUT2D eigenvalue weighted by atomic mass is 9.81. The average molecular weight is 416 g/mol. The van der Waals surface area contributed by atoms with Crippen LogP contribution in [-0.2, 0) is 0 Å². The van der Waals surface area contributed by atoms with E-state index in [2.05, 4.69) is 0 Å². The van der Waals surface area contributed by atoms with E-state index in [1.54, 1.807) is 6.07 Å². The van der Waals surface area contributed by atoms with Gasteiger partial charge in [-0.1, -0.05) is 0 Å². The van der Waals surface area contributed by atoms with Gasteiger partial charge < -0.3 is 19.5 Å². The van der Waals surface area contributed by atoms with Gasteiger partial charge in [0, 0.05) is 44.9 Å². The molecule has 1 atom stereocenters. The summed E-state index contributed by atoms with van der Waals surface area (Å²) in [6.45, 7) is 6.98. The SMILES string of the molecule is Cc1cc(C(=O)N2CCC3(CC2)C[C@H](O)c2cc(F)ccc2O3)ccc1OC(C)C.[HH]. The summed E-state index contributed by atoms with van der Waals surface area (Å²) >= 11 is 0. The molecule has 2 aliphatic rings. The maximum Gasteiger partial charge on any atom is 0.253 e. The summed E-state index contributed by atoms with van der Waals surface area (Å²) in [6.07, 6.45) is 0.977. The number of aryl methyl sites for hydroxylation is 1. The first-order valence-electron chi connectivity index (χ1n) is 10.5. The molecule has 0 unspecified atom stereocenters. The highest BCUT2D eigenvalue weighted by molar-refractivity contribution is 5.94. The molecule has 30 heavy (non-hydrogen) atoms. The lowest BCUT2D eigenvalue weighted by Crippen LogP contribution is -2.51. The van der Waals surface area contributed by atoms with Gasteiger partial charge in [-0.3, -0.25) is 4.79 Å². The quantitative estimate of drug-likeness (QED) is 0.792. The molecule has 1 saturated heterocycles. The standard InChI is InChI=1S/C24H28FNO4.H2/c1-15(2)29-21-6-4-17(12-16(21)3)23(28)26-10-8-24(9-11-26)14-20(27)19-13-18(25)5-7-22(19)30-24;/h4-7,12-13,15,20,27H,8-11,14H2,1-3H3;1H/t20-;/m0./s1. The molecule has 6 heteroatoms. The first kappa shape index (κ1) is 20.7. The maximum absolute atomic E-state index is 13.5. The van der Waals surface area contributed by atoms with Crippen LogP contribution in [0.4, 0.5) is 4.39 Å². The summed E-state index contributed by atoms with van der Waals surface area (Å²) in [4.78, 5) is 14.8. The molecule has 2 aromatic rings. The number of carbonyl (C=O) groups is 1. The number of rotatable bonds is 3. The van der Waals surface area contributed by atoms with E-state index in [-0.39, 0.29) is 19.3 Å². The average Bonchev–Trinajstić information content (AvgIpc) is 2.70. The molecule has 0 bridgehead atoms. The molecule has 0 aromatic heterocycles. The molecule has 2 heterocycles. The molecule has 1 fully saturated rings. The Hall–Kier alpha value is -2.60. The number of amides is 1. The van der Waals surface area contributed by atoms with Gasteiger partial charge in [-0.2, -0.15) is 0 Å². The normalized spacial score (nSPS) is 20.1. The van der Waals surface area contributed by atoms with Crippen molar-refractivity contribution in [2.24, 2.45) is 0 Å². The van der Waals surface area contributed by atoms with Crippen molar-refractivity contribution in [2.45, 2.75) is 57.8 Å². The highest BCUT2D eigenvalue weighted by Crippen LogP contribution is 2.44. The molecular weight excluding hydrogens is 385 g/mol. The molecule has 5 nitrogen and oxygen atoms in total. The Bertz CT molecular complexity index is 957. The third-order valence-corrected chi connectivity index (χ3v) is 5.97. The fourth-order valence-corrected chi connectivity index (χ4v) is 4.38. The first-order valence-corrected chi connectivity index (χ1v) is 10.5. The number of ether oxygens (including phenoxy) is 2. The summed E-state index contributed by atoms with van der Waals surface area (Å²) < 4.78 is 25.5. The maximum atomic E-state index is 13.5. The number of carbonyl (C=O) groups excluding carboxylic acids is 1. The van der Waals surface area contributed by atoms with Gasteiger partial charge >= 0.3 is 0 Å². The van der Waals surface area contributed by atoms with Crippen molar-refractivity contribution in [3.05, 3.63) is 58.9 Å². The van der Waals surface area contributed by atoms with Gasteiger partial charge in [0.1, 0.15) is 22.9 Å². The van der Waals surface area contributed by atoms with E-state index in [0.29, 0.717) is 49.2 Å². The minimum Gasteiger partial charge on any atom is -0.491 e. The zero-order valence-electron chi connectivity index (χ0n) is 17.7. The zero-order chi connectivity index (χ0) is 21.5. The molecule has 4 rings (SSSR count). The van der Waals surface area contributed by atoms with Crippen LogP contribution in [0.15, 0.2) is 36.4 Å². The summed E-state index contributed by atoms with van der Waals surface area (Å²) in [5.41, 5.74) is 1.56. The number of aliphatic hydroxyl groups is 1. The Balaban J connectivity index is 0.00000272. The van der Waals surface area contributed by atoms with E-state index < -0.39 is 11.7 Å². The van der Waals surface area contributed by atoms with Crippen molar-refractivity contribution >= 4 is 5.91 Å². The van der Waals surface area contributed by atoms with Gasteiger partial charge in [0.05, 0.1) is 12.2 Å². The number of likely N-dealkylation sites (tertiary alicyclic amines) is 1. The number of nitrogens with zero attached hydrogens (tertiary/aromatic N) is 1. The summed E-state index contributed by atoms with van der Waals surface area (Å²) in [5, 5.41) is 10.5. The molecule has 1 amide bonds. The number of halogens is 1. The molecule has 0 aliphatic carbocycles. The second kappa shape index (κ2) is 7.91. The van der Waals surface area contributed by atoms with E-state index >= 15 is 0 Å². The molecule has 2 aliphatic heterocycles. The number of aliphatic hydroxyl groups excluding tert-OH is 1. The predicted molar refractivity (Wildman–Crippen MR) is 114 cm³/mol. The van der Waals surface area contributed by atoms with E-state index in [9.17, 15) is 14.3 Å². The fourth-order valence-electron chi connectivity index (χ4n) is 4.38. The van der Waals surface area contributed by atoms with Crippen LogP contribution in [0.3, 0.4) is 0 Å². The molecule has 0 saturated carbocycles. The third kappa shape index (κ3) is 4.01. The van der Waals surface area contributed by atoms with Crippen LogP contribution in [-0.4, -0.2) is 40.7 Å². The lowest BCUT2D eigenvalue weighted by Gasteiger charge is -2.46. The summed E-state index contributed by atoms with van der Waals surface area (Å²) in [7, 11) is 0. The van der Waals surface area contributed by atoms with Crippen LogP contribution < -0.4 is 9.47 Å². The highest BCUT2D eigenvalue weighted by atomic mass is 19.1. The van der Waals surface area contributed by atoms with E-state index in [0.717, 1.165) is 11.3 Å². The number of hydrogen-bond acceptors (Lipinski definition) is 4. The van der Waals surface area contributed by atoms with Crippen LogP contribution in [0.25, 0.3) is 0 Å². The second-order valence-corrected chi connectivity index (χ2v) is 8.63. The van der Waals surface area contributed by atoms with Gasteiger partial charge in [0.25, 0.3) is 5.91 Å². The van der Waals surface area contributed by atoms with Crippen molar-refractivity contribution in [2.75, 3.05) is 13.1 Å². The third-order valence-electron chi connectivity index (χ3n) is 5.97. The van der Waals surface area contributed by atoms with Gasteiger partial charge in [-0.15, -0.1) is 0 Å². The zero-order valence-corrected chi connectivity index (χ0v) is 17.7. The number of fused-ring (bicyclic) bond motifs is 1. The van der Waals surface area contributed by atoms with Gasteiger partial charge in [0.15, 0.2) is 0 Å². The Morgan fingerprint density at radius 1 is 1.27 bits per heavy atom. The first-order chi connectivity index (χ1) is 14.3. The Morgan fingerprint density at radius 3 is 2.67 bits per heavy atom. The van der Waals surface area contributed by atoms with Crippen molar-refractivity contribution in [1.82, 2.24) is 4.90 Å². The van der Waals surface area contributed by atoms with E-state index in [1.807, 2.05) is 43.9 Å². The van der Waals surface area contributed by atoms with Crippen LogP contribution in [0.1, 0.15) is 62.1 Å². The second-order valence-electron chi connectivity index (χ2n) is 8.63. The van der Waals surface area contributed by atoms with Gasteiger partial charge in [-0.05, 0) is 62.7 Å². The largest absolute Gasteiger partial charge is 0.491 e. The highest BCUT2D eigenvalue weighted by Gasteiger charge is 2.43. The predicted octanol–water partition coefficient (Wildman–Crippen LogP) is 4.66. The molecular formula is C24H30FNO4. The molecule has 1 N–H and O–H groups in total. The van der Waals surface area contributed by atoms with Crippen LogP contribution in [0.5, 0.6) is 11.5 Å². The summed E-state index contributed by atoms with van der Waals surface area (Å²) in [6, 6.07) is 9.79. The van der Waals surface area contributed by atoms with Crippen LogP contribution in [0, 0.1) is 12.7 Å². The summed E-state index contributed by atoms with van der Waals surface area (Å²) in [5.74, 6) is 0.931. The lowest BCUT2D eigenvalue weighted by molar-refractivity contribution is -0.0497.